The summed E-state index contributed by atoms with van der Waals surface area (Å²) in [6.07, 6.45) is 7.47. The van der Waals surface area contributed by atoms with Gasteiger partial charge in [-0.1, -0.05) is 13.3 Å². The summed E-state index contributed by atoms with van der Waals surface area (Å²) < 4.78 is 5.35. The molecule has 2 rings (SSSR count). The number of hydrogen-bond acceptors (Lipinski definition) is 2. The lowest BCUT2D eigenvalue weighted by molar-refractivity contribution is 0.369. The summed E-state index contributed by atoms with van der Waals surface area (Å²) in [5.74, 6) is 1.86. The minimum absolute atomic E-state index is 0.00146. The van der Waals surface area contributed by atoms with E-state index in [9.17, 15) is 0 Å². The van der Waals surface area contributed by atoms with E-state index < -0.39 is 0 Å². The summed E-state index contributed by atoms with van der Waals surface area (Å²) in [7, 11) is 0. The Morgan fingerprint density at radius 2 is 2.50 bits per heavy atom. The molecule has 2 N–H and O–H groups in total. The van der Waals surface area contributed by atoms with E-state index in [2.05, 4.69) is 6.92 Å². The Kier molecular flexibility index (Phi) is 2.64. The largest absolute Gasteiger partial charge is 0.469 e. The van der Waals surface area contributed by atoms with Gasteiger partial charge in [-0.25, -0.2) is 0 Å². The smallest absolute Gasteiger partial charge is 0.105 e. The van der Waals surface area contributed by atoms with Crippen molar-refractivity contribution in [3.05, 3.63) is 24.2 Å². The zero-order chi connectivity index (χ0) is 10.0. The molecule has 0 bridgehead atoms. The molecule has 0 aliphatic heterocycles. The Morgan fingerprint density at radius 1 is 1.64 bits per heavy atom. The van der Waals surface area contributed by atoms with Crippen molar-refractivity contribution in [3.8, 4) is 0 Å². The first kappa shape index (κ1) is 9.78. The molecular formula is C12H19NO. The van der Waals surface area contributed by atoms with Crippen LogP contribution < -0.4 is 5.73 Å². The highest BCUT2D eigenvalue weighted by atomic mass is 16.3. The quantitative estimate of drug-likeness (QED) is 0.801. The van der Waals surface area contributed by atoms with E-state index in [0.29, 0.717) is 0 Å². The second-order valence-corrected chi connectivity index (χ2v) is 4.64. The Balaban J connectivity index is 1.97. The third kappa shape index (κ3) is 2.01. The van der Waals surface area contributed by atoms with E-state index in [-0.39, 0.29) is 5.54 Å². The van der Waals surface area contributed by atoms with Crippen molar-refractivity contribution in [2.24, 2.45) is 11.7 Å². The van der Waals surface area contributed by atoms with Gasteiger partial charge in [-0.3, -0.25) is 0 Å². The van der Waals surface area contributed by atoms with Crippen LogP contribution in [0.25, 0.3) is 0 Å². The average molecular weight is 193 g/mol. The van der Waals surface area contributed by atoms with Crippen LogP contribution in [0.1, 0.15) is 38.4 Å². The van der Waals surface area contributed by atoms with Gasteiger partial charge in [-0.15, -0.1) is 0 Å². The molecule has 0 amide bonds. The highest BCUT2D eigenvalue weighted by molar-refractivity contribution is 5.06. The fourth-order valence-corrected chi connectivity index (χ4v) is 2.54. The lowest BCUT2D eigenvalue weighted by Gasteiger charge is -2.22. The third-order valence-electron chi connectivity index (χ3n) is 3.43. The molecule has 1 heterocycles. The normalized spacial score (nSPS) is 32.3. The molecule has 2 atom stereocenters. The van der Waals surface area contributed by atoms with E-state index >= 15 is 0 Å². The lowest BCUT2D eigenvalue weighted by Crippen LogP contribution is -2.39. The van der Waals surface area contributed by atoms with Gasteiger partial charge >= 0.3 is 0 Å². The second kappa shape index (κ2) is 3.77. The zero-order valence-electron chi connectivity index (χ0n) is 8.83. The van der Waals surface area contributed by atoms with E-state index in [0.717, 1.165) is 30.9 Å². The van der Waals surface area contributed by atoms with E-state index in [1.165, 1.54) is 12.8 Å². The van der Waals surface area contributed by atoms with Crippen molar-refractivity contribution in [2.45, 2.75) is 44.6 Å². The number of hydrogen-bond donors (Lipinski definition) is 1. The Morgan fingerprint density at radius 3 is 3.07 bits per heavy atom. The van der Waals surface area contributed by atoms with Gasteiger partial charge < -0.3 is 10.2 Å². The van der Waals surface area contributed by atoms with Crippen LogP contribution in [0.3, 0.4) is 0 Å². The SMILES string of the molecule is CCC1CCC(N)(Cc2ccco2)C1. The third-order valence-corrected chi connectivity index (χ3v) is 3.43. The molecule has 2 unspecified atom stereocenters. The van der Waals surface area contributed by atoms with Gasteiger partial charge in [0.15, 0.2) is 0 Å². The monoisotopic (exact) mass is 193 g/mol. The molecule has 2 nitrogen and oxygen atoms in total. The van der Waals surface area contributed by atoms with Crippen LogP contribution in [0.2, 0.25) is 0 Å². The van der Waals surface area contributed by atoms with Gasteiger partial charge in [0.05, 0.1) is 6.26 Å². The molecule has 78 valence electrons. The molecule has 0 radical (unpaired) electrons. The summed E-state index contributed by atoms with van der Waals surface area (Å²) >= 11 is 0. The Hall–Kier alpha value is -0.760. The fourth-order valence-electron chi connectivity index (χ4n) is 2.54. The second-order valence-electron chi connectivity index (χ2n) is 4.64. The lowest BCUT2D eigenvalue weighted by atomic mass is 9.91. The van der Waals surface area contributed by atoms with Crippen LogP contribution in [0.5, 0.6) is 0 Å². The highest BCUT2D eigenvalue weighted by Crippen LogP contribution is 2.36. The maximum atomic E-state index is 6.36. The molecule has 0 aromatic carbocycles. The van der Waals surface area contributed by atoms with Crippen LogP contribution in [-0.4, -0.2) is 5.54 Å². The van der Waals surface area contributed by atoms with Crippen molar-refractivity contribution in [1.29, 1.82) is 0 Å². The molecule has 14 heavy (non-hydrogen) atoms. The summed E-state index contributed by atoms with van der Waals surface area (Å²) in [5, 5.41) is 0. The Labute approximate surface area is 85.5 Å². The summed E-state index contributed by atoms with van der Waals surface area (Å²) in [5.41, 5.74) is 6.35. The van der Waals surface area contributed by atoms with Crippen molar-refractivity contribution >= 4 is 0 Å². The predicted molar refractivity (Wildman–Crippen MR) is 57.0 cm³/mol. The summed E-state index contributed by atoms with van der Waals surface area (Å²) in [4.78, 5) is 0. The molecule has 1 aromatic heterocycles. The first-order valence-electron chi connectivity index (χ1n) is 5.53. The maximum absolute atomic E-state index is 6.36. The van der Waals surface area contributed by atoms with Gasteiger partial charge in [-0.2, -0.15) is 0 Å². The first-order chi connectivity index (χ1) is 6.72. The minimum atomic E-state index is -0.00146. The van der Waals surface area contributed by atoms with Crippen molar-refractivity contribution < 1.29 is 4.42 Å². The number of rotatable bonds is 3. The van der Waals surface area contributed by atoms with Crippen LogP contribution in [-0.2, 0) is 6.42 Å². The molecule has 0 saturated heterocycles. The standard InChI is InChI=1S/C12H19NO/c1-2-10-5-6-12(13,8-10)9-11-4-3-7-14-11/h3-4,7,10H,2,5-6,8-9,13H2,1H3. The number of nitrogens with two attached hydrogens (primary N) is 1. The van der Waals surface area contributed by atoms with Crippen molar-refractivity contribution in [1.82, 2.24) is 0 Å². The van der Waals surface area contributed by atoms with Gasteiger partial charge in [0, 0.05) is 12.0 Å². The van der Waals surface area contributed by atoms with Crippen molar-refractivity contribution in [2.75, 3.05) is 0 Å². The van der Waals surface area contributed by atoms with E-state index in [1.807, 2.05) is 12.1 Å². The van der Waals surface area contributed by atoms with Gasteiger partial charge in [0.2, 0.25) is 0 Å². The Bertz CT molecular complexity index is 281. The minimum Gasteiger partial charge on any atom is -0.469 e. The molecular weight excluding hydrogens is 174 g/mol. The zero-order valence-corrected chi connectivity index (χ0v) is 8.83. The molecule has 1 aliphatic rings. The molecule has 1 saturated carbocycles. The molecule has 1 aliphatic carbocycles. The van der Waals surface area contributed by atoms with Gasteiger partial charge in [0.25, 0.3) is 0 Å². The molecule has 1 aromatic rings. The van der Waals surface area contributed by atoms with E-state index in [1.54, 1.807) is 6.26 Å². The van der Waals surface area contributed by atoms with Crippen LogP contribution in [0.15, 0.2) is 22.8 Å². The summed E-state index contributed by atoms with van der Waals surface area (Å²) in [6, 6.07) is 3.96. The maximum Gasteiger partial charge on any atom is 0.105 e. The van der Waals surface area contributed by atoms with Crippen molar-refractivity contribution in [3.63, 3.8) is 0 Å². The van der Waals surface area contributed by atoms with Gasteiger partial charge in [-0.05, 0) is 37.3 Å². The summed E-state index contributed by atoms with van der Waals surface area (Å²) in [6.45, 7) is 2.25. The molecule has 0 spiro atoms. The van der Waals surface area contributed by atoms with Crippen LogP contribution >= 0.6 is 0 Å². The van der Waals surface area contributed by atoms with Gasteiger partial charge in [0.1, 0.15) is 5.76 Å². The number of furan rings is 1. The average Bonchev–Trinajstić information content (AvgIpc) is 2.76. The first-order valence-corrected chi connectivity index (χ1v) is 5.53. The molecule has 1 fully saturated rings. The van der Waals surface area contributed by atoms with E-state index in [4.69, 9.17) is 10.2 Å². The topological polar surface area (TPSA) is 39.2 Å². The highest BCUT2D eigenvalue weighted by Gasteiger charge is 2.35. The van der Waals surface area contributed by atoms with Crippen LogP contribution in [0.4, 0.5) is 0 Å². The fraction of sp³-hybridized carbons (Fsp3) is 0.667. The predicted octanol–water partition coefficient (Wildman–Crippen LogP) is 2.73. The molecule has 2 heteroatoms. The van der Waals surface area contributed by atoms with Crippen LogP contribution in [0, 0.1) is 5.92 Å².